The fourth-order valence-corrected chi connectivity index (χ4v) is 5.13. The van der Waals surface area contributed by atoms with Gasteiger partial charge in [-0.15, -0.1) is 0 Å². The molecular weight excluding hydrogens is 393 g/mol. The highest BCUT2D eigenvalue weighted by molar-refractivity contribution is 5.93. The maximum absolute atomic E-state index is 13.4. The van der Waals surface area contributed by atoms with Crippen molar-refractivity contribution in [1.82, 2.24) is 10.2 Å². The Morgan fingerprint density at radius 3 is 2.32 bits per heavy atom. The standard InChI is InChI=1S/C25H26FN3O2/c26-21-7-9-22(10-8-21)29-17-27-24(31)25(29)11-13-28(14-12-25)15-19-5-1-3-18-4-2-6-20(16-30)23(18)19/h1-10,30H,11-17H2,(H,27,31). The minimum Gasteiger partial charge on any atom is -0.392 e. The molecule has 0 atom stereocenters. The van der Waals surface area contributed by atoms with Crippen LogP contribution < -0.4 is 10.2 Å². The van der Waals surface area contributed by atoms with E-state index in [0.717, 1.165) is 41.7 Å². The summed E-state index contributed by atoms with van der Waals surface area (Å²) >= 11 is 0. The molecule has 0 aromatic heterocycles. The molecule has 2 heterocycles. The molecule has 0 unspecified atom stereocenters. The summed E-state index contributed by atoms with van der Waals surface area (Å²) in [6.07, 6.45) is 1.43. The van der Waals surface area contributed by atoms with E-state index in [1.165, 1.54) is 17.7 Å². The maximum atomic E-state index is 13.4. The number of benzene rings is 3. The van der Waals surface area contributed by atoms with Crippen LogP contribution in [0.4, 0.5) is 10.1 Å². The van der Waals surface area contributed by atoms with E-state index < -0.39 is 5.54 Å². The SMILES string of the molecule is O=C1NCN(c2ccc(F)cc2)C12CCN(Cc1cccc3cccc(CO)c13)CC2. The summed E-state index contributed by atoms with van der Waals surface area (Å²) in [6, 6.07) is 18.7. The minimum atomic E-state index is -0.580. The number of hydrogen-bond acceptors (Lipinski definition) is 4. The Hall–Kier alpha value is -2.96. The average molecular weight is 420 g/mol. The van der Waals surface area contributed by atoms with Crippen molar-refractivity contribution >= 4 is 22.4 Å². The Balaban J connectivity index is 1.36. The van der Waals surface area contributed by atoms with Crippen molar-refractivity contribution in [3.8, 4) is 0 Å². The van der Waals surface area contributed by atoms with Crippen molar-refractivity contribution in [3.63, 3.8) is 0 Å². The smallest absolute Gasteiger partial charge is 0.247 e. The van der Waals surface area contributed by atoms with Crippen molar-refractivity contribution in [3.05, 3.63) is 77.6 Å². The quantitative estimate of drug-likeness (QED) is 0.681. The molecule has 5 nitrogen and oxygen atoms in total. The number of rotatable bonds is 4. The molecule has 3 aromatic carbocycles. The van der Waals surface area contributed by atoms with Gasteiger partial charge in [0.2, 0.25) is 5.91 Å². The second-order valence-electron chi connectivity index (χ2n) is 8.47. The lowest BCUT2D eigenvalue weighted by Crippen LogP contribution is -2.56. The number of nitrogens with zero attached hydrogens (tertiary/aromatic N) is 2. The van der Waals surface area contributed by atoms with Crippen molar-refractivity contribution < 1.29 is 14.3 Å². The number of amides is 1. The van der Waals surface area contributed by atoms with Gasteiger partial charge in [-0.2, -0.15) is 0 Å². The summed E-state index contributed by atoms with van der Waals surface area (Å²) < 4.78 is 13.4. The van der Waals surface area contributed by atoms with Gasteiger partial charge in [-0.25, -0.2) is 4.39 Å². The van der Waals surface area contributed by atoms with Crippen molar-refractivity contribution in [2.75, 3.05) is 24.7 Å². The molecule has 0 bridgehead atoms. The molecular formula is C25H26FN3O2. The van der Waals surface area contributed by atoms with E-state index >= 15 is 0 Å². The highest BCUT2D eigenvalue weighted by Gasteiger charge is 2.50. The molecule has 0 aliphatic carbocycles. The number of piperidine rings is 1. The van der Waals surface area contributed by atoms with Gasteiger partial charge >= 0.3 is 0 Å². The van der Waals surface area contributed by atoms with Crippen molar-refractivity contribution in [1.29, 1.82) is 0 Å². The van der Waals surface area contributed by atoms with E-state index in [9.17, 15) is 14.3 Å². The Morgan fingerprint density at radius 1 is 0.968 bits per heavy atom. The fraction of sp³-hybridized carbons (Fsp3) is 0.320. The van der Waals surface area contributed by atoms with Crippen LogP contribution in [0.3, 0.4) is 0 Å². The first-order valence-electron chi connectivity index (χ1n) is 10.7. The molecule has 160 valence electrons. The van der Waals surface area contributed by atoms with Crippen LogP contribution in [-0.4, -0.2) is 41.2 Å². The molecule has 2 saturated heterocycles. The monoisotopic (exact) mass is 419 g/mol. The number of halogens is 1. The molecule has 2 fully saturated rings. The lowest BCUT2D eigenvalue weighted by atomic mass is 9.85. The summed E-state index contributed by atoms with van der Waals surface area (Å²) in [5.41, 5.74) is 2.43. The van der Waals surface area contributed by atoms with Gasteiger partial charge in [-0.1, -0.05) is 36.4 Å². The zero-order valence-corrected chi connectivity index (χ0v) is 17.4. The molecule has 5 rings (SSSR count). The number of aliphatic hydroxyl groups is 1. The third-order valence-electron chi connectivity index (χ3n) is 6.80. The largest absolute Gasteiger partial charge is 0.392 e. The topological polar surface area (TPSA) is 55.8 Å². The summed E-state index contributed by atoms with van der Waals surface area (Å²) in [7, 11) is 0. The van der Waals surface area contributed by atoms with E-state index in [0.29, 0.717) is 19.5 Å². The summed E-state index contributed by atoms with van der Waals surface area (Å²) in [5.74, 6) is -0.215. The third kappa shape index (κ3) is 3.46. The van der Waals surface area contributed by atoms with E-state index in [1.54, 1.807) is 12.1 Å². The third-order valence-corrected chi connectivity index (χ3v) is 6.80. The van der Waals surface area contributed by atoms with Gasteiger partial charge in [0, 0.05) is 25.3 Å². The minimum absolute atomic E-state index is 0.0181. The van der Waals surface area contributed by atoms with Crippen molar-refractivity contribution in [2.24, 2.45) is 0 Å². The lowest BCUT2D eigenvalue weighted by molar-refractivity contribution is -0.125. The van der Waals surface area contributed by atoms with Gasteiger partial charge in [-0.3, -0.25) is 9.69 Å². The fourth-order valence-electron chi connectivity index (χ4n) is 5.13. The van der Waals surface area contributed by atoms with Crippen LogP contribution >= 0.6 is 0 Å². The number of anilines is 1. The zero-order chi connectivity index (χ0) is 21.4. The number of nitrogens with one attached hydrogen (secondary N) is 1. The number of hydrogen-bond donors (Lipinski definition) is 2. The van der Waals surface area contributed by atoms with Crippen LogP contribution in [0.1, 0.15) is 24.0 Å². The Bertz CT molecular complexity index is 1100. The summed E-state index contributed by atoms with van der Waals surface area (Å²) in [4.78, 5) is 17.3. The predicted molar refractivity (Wildman–Crippen MR) is 119 cm³/mol. The average Bonchev–Trinajstić information content (AvgIpc) is 3.11. The number of fused-ring (bicyclic) bond motifs is 1. The highest BCUT2D eigenvalue weighted by Crippen LogP contribution is 2.37. The van der Waals surface area contributed by atoms with Crippen LogP contribution in [0.15, 0.2) is 60.7 Å². The van der Waals surface area contributed by atoms with Crippen LogP contribution in [0.2, 0.25) is 0 Å². The first-order valence-corrected chi connectivity index (χ1v) is 10.7. The molecule has 0 radical (unpaired) electrons. The molecule has 1 spiro atoms. The van der Waals surface area contributed by atoms with Crippen LogP contribution in [0.5, 0.6) is 0 Å². The van der Waals surface area contributed by atoms with Crippen LogP contribution in [0, 0.1) is 5.82 Å². The van der Waals surface area contributed by atoms with Gasteiger partial charge in [0.05, 0.1) is 13.3 Å². The predicted octanol–water partition coefficient (Wildman–Crippen LogP) is 3.40. The van der Waals surface area contributed by atoms with Crippen LogP contribution in [-0.2, 0) is 17.9 Å². The lowest BCUT2D eigenvalue weighted by Gasteiger charge is -2.43. The highest BCUT2D eigenvalue weighted by atomic mass is 19.1. The number of likely N-dealkylation sites (tertiary alicyclic amines) is 1. The first-order chi connectivity index (χ1) is 15.1. The van der Waals surface area contributed by atoms with E-state index in [2.05, 4.69) is 39.4 Å². The van der Waals surface area contributed by atoms with Gasteiger partial charge in [0.15, 0.2) is 0 Å². The van der Waals surface area contributed by atoms with Gasteiger partial charge in [-0.05, 0) is 59.0 Å². The van der Waals surface area contributed by atoms with Gasteiger partial charge < -0.3 is 15.3 Å². The van der Waals surface area contributed by atoms with E-state index in [-0.39, 0.29) is 18.3 Å². The molecule has 3 aromatic rings. The first kappa shape index (κ1) is 20.0. The molecule has 31 heavy (non-hydrogen) atoms. The number of carbonyl (C=O) groups excluding carboxylic acids is 1. The number of carbonyl (C=O) groups is 1. The van der Waals surface area contributed by atoms with Crippen molar-refractivity contribution in [2.45, 2.75) is 31.5 Å². The van der Waals surface area contributed by atoms with Gasteiger partial charge in [0.1, 0.15) is 11.4 Å². The Kier molecular flexibility index (Phi) is 5.12. The summed E-state index contributed by atoms with van der Waals surface area (Å²) in [5, 5.41) is 15.1. The second kappa shape index (κ2) is 7.94. The molecule has 0 saturated carbocycles. The summed E-state index contributed by atoms with van der Waals surface area (Å²) in [6.45, 7) is 2.84. The van der Waals surface area contributed by atoms with Gasteiger partial charge in [0.25, 0.3) is 0 Å². The molecule has 6 heteroatoms. The molecule has 2 aliphatic rings. The van der Waals surface area contributed by atoms with Crippen LogP contribution in [0.25, 0.3) is 10.8 Å². The molecule has 1 amide bonds. The normalized spacial score (nSPS) is 18.6. The Morgan fingerprint density at radius 2 is 1.65 bits per heavy atom. The number of aliphatic hydroxyl groups excluding tert-OH is 1. The Labute approximate surface area is 181 Å². The molecule has 2 N–H and O–H groups in total. The van der Waals surface area contributed by atoms with E-state index in [4.69, 9.17) is 0 Å². The maximum Gasteiger partial charge on any atom is 0.247 e. The van der Waals surface area contributed by atoms with E-state index in [1.807, 2.05) is 12.1 Å². The second-order valence-corrected chi connectivity index (χ2v) is 8.47. The zero-order valence-electron chi connectivity index (χ0n) is 17.4. The molecule has 2 aliphatic heterocycles.